The molecule has 2 aromatic carbocycles. The molecule has 0 radical (unpaired) electrons. The van der Waals surface area contributed by atoms with Crippen LogP contribution in [0.5, 0.6) is 5.75 Å². The summed E-state index contributed by atoms with van der Waals surface area (Å²) in [6, 6.07) is 11.3. The van der Waals surface area contributed by atoms with Crippen molar-refractivity contribution in [1.82, 2.24) is 4.90 Å². The van der Waals surface area contributed by atoms with Crippen LogP contribution >= 0.6 is 0 Å². The number of hydrogen-bond donors (Lipinski definition) is 1. The number of nitro benzene ring substituents is 1. The first-order chi connectivity index (χ1) is 14.4. The molecule has 3 rings (SSSR count). The number of ketones is 1. The summed E-state index contributed by atoms with van der Waals surface area (Å²) in [7, 11) is 1.52. The van der Waals surface area contributed by atoms with E-state index in [1.54, 1.807) is 24.3 Å². The van der Waals surface area contributed by atoms with Crippen LogP contribution < -0.4 is 4.74 Å². The number of hydrogen-bond acceptors (Lipinski definition) is 6. The minimum atomic E-state index is -0.820. The quantitative estimate of drug-likeness (QED) is 0.244. The molecular weight excluding hydrogens is 388 g/mol. The number of aliphatic hydroxyl groups is 1. The molecule has 1 amide bonds. The van der Waals surface area contributed by atoms with Gasteiger partial charge in [0.2, 0.25) is 0 Å². The van der Waals surface area contributed by atoms with Gasteiger partial charge >= 0.3 is 0 Å². The molecule has 1 unspecified atom stereocenters. The van der Waals surface area contributed by atoms with Crippen molar-refractivity contribution >= 4 is 23.1 Å². The van der Waals surface area contributed by atoms with E-state index in [-0.39, 0.29) is 17.0 Å². The third kappa shape index (κ3) is 3.89. The second-order valence-corrected chi connectivity index (χ2v) is 6.92. The van der Waals surface area contributed by atoms with Crippen LogP contribution in [0.25, 0.3) is 5.76 Å². The zero-order valence-corrected chi connectivity index (χ0v) is 16.7. The predicted octanol–water partition coefficient (Wildman–Crippen LogP) is 3.83. The van der Waals surface area contributed by atoms with E-state index in [9.17, 15) is 24.8 Å². The summed E-state index contributed by atoms with van der Waals surface area (Å²) in [6.07, 6.45) is 1.49. The number of carbonyl (C=O) groups excluding carboxylic acids is 2. The van der Waals surface area contributed by atoms with Crippen LogP contribution in [-0.2, 0) is 9.59 Å². The number of nitrogens with zero attached hydrogens (tertiary/aromatic N) is 2. The molecule has 0 spiro atoms. The number of unbranched alkanes of at least 4 members (excludes halogenated alkanes) is 1. The highest BCUT2D eigenvalue weighted by Crippen LogP contribution is 2.40. The van der Waals surface area contributed by atoms with Crippen LogP contribution in [0, 0.1) is 10.1 Å². The fourth-order valence-corrected chi connectivity index (χ4v) is 3.47. The first-order valence-electron chi connectivity index (χ1n) is 9.56. The molecule has 1 aliphatic rings. The van der Waals surface area contributed by atoms with Gasteiger partial charge in [-0.05, 0) is 48.4 Å². The van der Waals surface area contributed by atoms with Gasteiger partial charge in [0, 0.05) is 24.2 Å². The molecule has 30 heavy (non-hydrogen) atoms. The molecule has 2 aromatic rings. The van der Waals surface area contributed by atoms with Crippen LogP contribution in [0.3, 0.4) is 0 Å². The van der Waals surface area contributed by atoms with Gasteiger partial charge in [-0.15, -0.1) is 0 Å². The number of likely N-dealkylation sites (tertiary alicyclic amines) is 1. The maximum absolute atomic E-state index is 12.8. The summed E-state index contributed by atoms with van der Waals surface area (Å²) in [5.74, 6) is -1.18. The minimum absolute atomic E-state index is 0.0323. The predicted molar refractivity (Wildman–Crippen MR) is 110 cm³/mol. The average molecular weight is 410 g/mol. The fraction of sp³-hybridized carbons (Fsp3) is 0.273. The first kappa shape index (κ1) is 21.0. The summed E-state index contributed by atoms with van der Waals surface area (Å²) in [6.45, 7) is 2.30. The van der Waals surface area contributed by atoms with Crippen molar-refractivity contribution in [3.63, 3.8) is 0 Å². The number of non-ortho nitro benzene ring substituents is 1. The van der Waals surface area contributed by atoms with E-state index >= 15 is 0 Å². The number of Topliss-reactive ketones (excluding diaryl/α,β-unsaturated/α-hetero) is 1. The zero-order chi connectivity index (χ0) is 21.8. The van der Waals surface area contributed by atoms with Crippen LogP contribution in [0.2, 0.25) is 0 Å². The van der Waals surface area contributed by atoms with Crippen molar-refractivity contribution in [2.75, 3.05) is 13.7 Å². The van der Waals surface area contributed by atoms with Crippen molar-refractivity contribution in [2.45, 2.75) is 25.8 Å². The van der Waals surface area contributed by atoms with Crippen LogP contribution in [0.15, 0.2) is 54.1 Å². The van der Waals surface area contributed by atoms with E-state index in [1.165, 1.54) is 36.3 Å². The first-order valence-corrected chi connectivity index (χ1v) is 9.56. The highest BCUT2D eigenvalue weighted by molar-refractivity contribution is 6.46. The molecule has 0 saturated carbocycles. The van der Waals surface area contributed by atoms with Gasteiger partial charge in [0.25, 0.3) is 17.4 Å². The highest BCUT2D eigenvalue weighted by atomic mass is 16.6. The smallest absolute Gasteiger partial charge is 0.295 e. The standard InChI is InChI=1S/C22H22N2O6/c1-3-4-13-23-19(14-5-9-16(10-6-14)24(28)29)18(21(26)22(23)27)20(25)15-7-11-17(30-2)12-8-15/h5-12,19,25H,3-4,13H2,1-2H3/b20-18+. The van der Waals surface area contributed by atoms with E-state index in [1.807, 2.05) is 6.92 Å². The largest absolute Gasteiger partial charge is 0.507 e. The van der Waals surface area contributed by atoms with Gasteiger partial charge in [0.1, 0.15) is 11.5 Å². The lowest BCUT2D eigenvalue weighted by Gasteiger charge is -2.25. The van der Waals surface area contributed by atoms with Gasteiger partial charge in [0.05, 0.1) is 23.6 Å². The summed E-state index contributed by atoms with van der Waals surface area (Å²) in [4.78, 5) is 37.4. The molecule has 0 bridgehead atoms. The number of nitro groups is 1. The number of benzene rings is 2. The number of rotatable bonds is 7. The van der Waals surface area contributed by atoms with E-state index in [0.29, 0.717) is 29.8 Å². The van der Waals surface area contributed by atoms with Crippen molar-refractivity contribution in [1.29, 1.82) is 0 Å². The van der Waals surface area contributed by atoms with Crippen LogP contribution in [-0.4, -0.2) is 40.3 Å². The van der Waals surface area contributed by atoms with Crippen LogP contribution in [0.4, 0.5) is 5.69 Å². The molecule has 1 atom stereocenters. The SMILES string of the molecule is CCCCN1C(=O)C(=O)/C(=C(/O)c2ccc(OC)cc2)C1c1ccc([N+](=O)[O-])cc1. The molecule has 1 fully saturated rings. The maximum atomic E-state index is 12.8. The van der Waals surface area contributed by atoms with E-state index in [4.69, 9.17) is 4.74 Å². The van der Waals surface area contributed by atoms with Gasteiger partial charge in [-0.1, -0.05) is 13.3 Å². The lowest BCUT2D eigenvalue weighted by molar-refractivity contribution is -0.384. The Hall–Kier alpha value is -3.68. The number of aliphatic hydroxyl groups excluding tert-OH is 1. The molecule has 8 heteroatoms. The fourth-order valence-electron chi connectivity index (χ4n) is 3.47. The number of amides is 1. The lowest BCUT2D eigenvalue weighted by Crippen LogP contribution is -2.30. The molecule has 1 saturated heterocycles. The van der Waals surface area contributed by atoms with Gasteiger partial charge in [-0.2, -0.15) is 0 Å². The van der Waals surface area contributed by atoms with E-state index in [0.717, 1.165) is 6.42 Å². The molecule has 0 aliphatic carbocycles. The molecular formula is C22H22N2O6. The summed E-state index contributed by atoms with van der Waals surface area (Å²) in [5, 5.41) is 21.9. The Bertz CT molecular complexity index is 995. The third-order valence-electron chi connectivity index (χ3n) is 5.08. The highest BCUT2D eigenvalue weighted by Gasteiger charge is 2.45. The normalized spacial score (nSPS) is 17.9. The van der Waals surface area contributed by atoms with Crippen molar-refractivity contribution in [2.24, 2.45) is 0 Å². The van der Waals surface area contributed by atoms with Crippen molar-refractivity contribution in [3.05, 3.63) is 75.3 Å². The summed E-state index contributed by atoms with van der Waals surface area (Å²) < 4.78 is 5.11. The summed E-state index contributed by atoms with van der Waals surface area (Å²) >= 11 is 0. The molecule has 1 N–H and O–H groups in total. The Morgan fingerprint density at radius 3 is 2.30 bits per heavy atom. The average Bonchev–Trinajstić information content (AvgIpc) is 3.02. The van der Waals surface area contributed by atoms with Crippen LogP contribution in [0.1, 0.15) is 36.9 Å². The second kappa shape index (κ2) is 8.77. The Labute approximate surface area is 173 Å². The Balaban J connectivity index is 2.12. The minimum Gasteiger partial charge on any atom is -0.507 e. The topological polar surface area (TPSA) is 110 Å². The number of ether oxygens (including phenoxy) is 1. The Morgan fingerprint density at radius 2 is 1.77 bits per heavy atom. The number of methoxy groups -OCH3 is 1. The van der Waals surface area contributed by atoms with Crippen molar-refractivity contribution < 1.29 is 24.4 Å². The molecule has 1 heterocycles. The monoisotopic (exact) mass is 410 g/mol. The number of carbonyl (C=O) groups is 2. The zero-order valence-electron chi connectivity index (χ0n) is 16.7. The lowest BCUT2D eigenvalue weighted by atomic mass is 9.95. The maximum Gasteiger partial charge on any atom is 0.295 e. The van der Waals surface area contributed by atoms with Gasteiger partial charge in [-0.25, -0.2) is 0 Å². The Morgan fingerprint density at radius 1 is 1.13 bits per heavy atom. The third-order valence-corrected chi connectivity index (χ3v) is 5.08. The molecule has 1 aliphatic heterocycles. The van der Waals surface area contributed by atoms with Gasteiger partial charge in [-0.3, -0.25) is 19.7 Å². The molecule has 0 aromatic heterocycles. The van der Waals surface area contributed by atoms with Gasteiger partial charge < -0.3 is 14.7 Å². The van der Waals surface area contributed by atoms with Crippen molar-refractivity contribution in [3.8, 4) is 5.75 Å². The van der Waals surface area contributed by atoms with Gasteiger partial charge in [0.15, 0.2) is 0 Å². The molecule has 156 valence electrons. The van der Waals surface area contributed by atoms with E-state index < -0.39 is 22.7 Å². The molecule has 8 nitrogen and oxygen atoms in total. The second-order valence-electron chi connectivity index (χ2n) is 6.92. The Kier molecular flexibility index (Phi) is 6.15. The van der Waals surface area contributed by atoms with E-state index in [2.05, 4.69) is 0 Å². The summed E-state index contributed by atoms with van der Waals surface area (Å²) in [5.41, 5.74) is 0.761.